The molecule has 1 atom stereocenters. The summed E-state index contributed by atoms with van der Waals surface area (Å²) in [5, 5.41) is 3.68. The van der Waals surface area contributed by atoms with E-state index in [1.165, 1.54) is 43.6 Å². The quantitative estimate of drug-likeness (QED) is 0.538. The Labute approximate surface area is 134 Å². The maximum Gasteiger partial charge on any atom is 0.438 e. The Morgan fingerprint density at radius 3 is 2.21 bits per heavy atom. The predicted molar refractivity (Wildman–Crippen MR) is 82.1 cm³/mol. The molecule has 0 bridgehead atoms. The van der Waals surface area contributed by atoms with Crippen LogP contribution >= 0.6 is 0 Å². The number of halogens is 5. The van der Waals surface area contributed by atoms with E-state index in [2.05, 4.69) is 5.10 Å². The third kappa shape index (κ3) is 2.82. The van der Waals surface area contributed by atoms with Crippen LogP contribution in [0.5, 0.6) is 0 Å². The zero-order valence-corrected chi connectivity index (χ0v) is 12.5. The summed E-state index contributed by atoms with van der Waals surface area (Å²) < 4.78 is 65.5. The average molecular weight is 339 g/mol. The van der Waals surface area contributed by atoms with Crippen molar-refractivity contribution in [2.75, 3.05) is 7.05 Å². The minimum absolute atomic E-state index is 0.0804. The fourth-order valence-corrected chi connectivity index (χ4v) is 2.58. The molecule has 0 saturated carbocycles. The number of hydrogen-bond donors (Lipinski definition) is 0. The molecule has 0 amide bonds. The van der Waals surface area contributed by atoms with E-state index in [1.54, 1.807) is 0 Å². The van der Waals surface area contributed by atoms with E-state index < -0.39 is 28.1 Å². The van der Waals surface area contributed by atoms with Crippen LogP contribution in [0.15, 0.2) is 59.8 Å². The van der Waals surface area contributed by atoms with Crippen molar-refractivity contribution in [3.05, 3.63) is 66.4 Å². The highest BCUT2D eigenvalue weighted by atomic mass is 19.4. The molecule has 2 aromatic carbocycles. The fraction of sp³-hybridized carbons (Fsp3) is 0.118. The Morgan fingerprint density at radius 1 is 0.958 bits per heavy atom. The van der Waals surface area contributed by atoms with Crippen molar-refractivity contribution in [3.8, 4) is 11.1 Å². The van der Waals surface area contributed by atoms with Crippen LogP contribution in [0.25, 0.3) is 11.1 Å². The molecule has 0 aromatic heterocycles. The van der Waals surface area contributed by atoms with Crippen molar-refractivity contribution in [2.45, 2.75) is 6.18 Å². The molecule has 1 unspecified atom stereocenters. The van der Waals surface area contributed by atoms with Crippen LogP contribution in [0.2, 0.25) is 0 Å². The van der Waals surface area contributed by atoms with Crippen molar-refractivity contribution in [3.63, 3.8) is 0 Å². The standard InChI is InChI=1S/C17H12F5N2/c1-24(10-9-15(23-24)17(20,21)22)14-4-2-3-13(19)16(14)11-5-7-12(18)8-6-11/h2-10H,1H3/q+1. The summed E-state index contributed by atoms with van der Waals surface area (Å²) in [5.41, 5.74) is -0.388. The molecule has 1 heterocycles. The third-order valence-electron chi connectivity index (χ3n) is 3.74. The first kappa shape index (κ1) is 16.3. The van der Waals surface area contributed by atoms with Gasteiger partial charge in [0.15, 0.2) is 5.69 Å². The van der Waals surface area contributed by atoms with Crippen LogP contribution in [0.4, 0.5) is 27.6 Å². The molecule has 0 aliphatic carbocycles. The van der Waals surface area contributed by atoms with Crippen LogP contribution in [0.3, 0.4) is 0 Å². The van der Waals surface area contributed by atoms with Gasteiger partial charge in [0.1, 0.15) is 24.9 Å². The molecule has 1 aliphatic rings. The SMILES string of the molecule is C[N+]1(c2cccc(F)c2-c2ccc(F)cc2)C=CC(C(F)(F)F)=N1. The van der Waals surface area contributed by atoms with E-state index in [-0.39, 0.29) is 11.3 Å². The van der Waals surface area contributed by atoms with Gasteiger partial charge in [-0.1, -0.05) is 23.3 Å². The first-order chi connectivity index (χ1) is 11.2. The molecule has 24 heavy (non-hydrogen) atoms. The molecule has 124 valence electrons. The molecular weight excluding hydrogens is 327 g/mol. The van der Waals surface area contributed by atoms with Gasteiger partial charge in [-0.2, -0.15) is 13.2 Å². The summed E-state index contributed by atoms with van der Waals surface area (Å²) in [6, 6.07) is 9.16. The second-order valence-electron chi connectivity index (χ2n) is 5.47. The molecule has 7 heteroatoms. The van der Waals surface area contributed by atoms with Gasteiger partial charge in [0, 0.05) is 12.1 Å². The summed E-state index contributed by atoms with van der Waals surface area (Å²) in [4.78, 5) is 0. The van der Waals surface area contributed by atoms with E-state index in [0.29, 0.717) is 5.56 Å². The lowest BCUT2D eigenvalue weighted by Crippen LogP contribution is -2.33. The van der Waals surface area contributed by atoms with Crippen molar-refractivity contribution >= 4 is 11.4 Å². The van der Waals surface area contributed by atoms with Crippen LogP contribution in [0, 0.1) is 11.6 Å². The lowest BCUT2D eigenvalue weighted by molar-refractivity contribution is -0.0581. The van der Waals surface area contributed by atoms with E-state index in [4.69, 9.17) is 0 Å². The molecule has 0 saturated heterocycles. The van der Waals surface area contributed by atoms with Gasteiger partial charge < -0.3 is 0 Å². The Kier molecular flexibility index (Phi) is 3.76. The molecular formula is C17H12F5N2+. The van der Waals surface area contributed by atoms with Gasteiger partial charge in [-0.15, -0.1) is 4.59 Å². The minimum Gasteiger partial charge on any atom is -0.207 e. The van der Waals surface area contributed by atoms with Gasteiger partial charge in [-0.3, -0.25) is 0 Å². The highest BCUT2D eigenvalue weighted by Gasteiger charge is 2.43. The van der Waals surface area contributed by atoms with E-state index >= 15 is 0 Å². The van der Waals surface area contributed by atoms with Crippen molar-refractivity contribution < 1.29 is 22.0 Å². The lowest BCUT2D eigenvalue weighted by Gasteiger charge is -2.23. The van der Waals surface area contributed by atoms with Crippen LogP contribution < -0.4 is 4.59 Å². The predicted octanol–water partition coefficient (Wildman–Crippen LogP) is 5.01. The monoisotopic (exact) mass is 339 g/mol. The smallest absolute Gasteiger partial charge is 0.207 e. The second-order valence-corrected chi connectivity index (χ2v) is 5.47. The summed E-state index contributed by atoms with van der Waals surface area (Å²) >= 11 is 0. The number of hydrogen-bond acceptors (Lipinski definition) is 1. The Bertz CT molecular complexity index is 837. The zero-order valence-electron chi connectivity index (χ0n) is 12.5. The maximum absolute atomic E-state index is 14.4. The van der Waals surface area contributed by atoms with E-state index in [9.17, 15) is 22.0 Å². The van der Waals surface area contributed by atoms with Gasteiger partial charge in [-0.25, -0.2) is 8.78 Å². The van der Waals surface area contributed by atoms with Crippen molar-refractivity contribution in [1.29, 1.82) is 0 Å². The summed E-state index contributed by atoms with van der Waals surface area (Å²) in [6.45, 7) is 0. The Morgan fingerprint density at radius 2 is 1.62 bits per heavy atom. The van der Waals surface area contributed by atoms with Crippen LogP contribution in [0.1, 0.15) is 0 Å². The number of rotatable bonds is 2. The summed E-state index contributed by atoms with van der Waals surface area (Å²) in [7, 11) is 1.41. The first-order valence-corrected chi connectivity index (χ1v) is 6.98. The van der Waals surface area contributed by atoms with Gasteiger partial charge in [0.2, 0.25) is 5.71 Å². The maximum atomic E-state index is 14.4. The zero-order chi connectivity index (χ0) is 17.5. The highest BCUT2D eigenvalue weighted by Crippen LogP contribution is 2.39. The van der Waals surface area contributed by atoms with Crippen LogP contribution in [-0.2, 0) is 0 Å². The summed E-state index contributed by atoms with van der Waals surface area (Å²) in [6.07, 6.45) is -2.50. The molecule has 0 N–H and O–H groups in total. The Hall–Kier alpha value is -2.54. The molecule has 0 spiro atoms. The fourth-order valence-electron chi connectivity index (χ4n) is 2.58. The van der Waals surface area contributed by atoms with Crippen molar-refractivity contribution in [1.82, 2.24) is 4.59 Å². The number of alkyl halides is 3. The summed E-state index contributed by atoms with van der Waals surface area (Å²) in [5.74, 6) is -1.11. The van der Waals surface area contributed by atoms with Crippen molar-refractivity contribution in [2.24, 2.45) is 5.10 Å². The molecule has 0 radical (unpaired) electrons. The Balaban J connectivity index is 2.17. The van der Waals surface area contributed by atoms with Gasteiger partial charge in [0.05, 0.1) is 5.56 Å². The number of quaternary nitrogens is 1. The molecule has 3 rings (SSSR count). The largest absolute Gasteiger partial charge is 0.438 e. The molecule has 0 fully saturated rings. The van der Waals surface area contributed by atoms with Gasteiger partial charge in [-0.05, 0) is 23.8 Å². The minimum atomic E-state index is -4.59. The first-order valence-electron chi connectivity index (χ1n) is 6.98. The third-order valence-corrected chi connectivity index (χ3v) is 3.74. The van der Waals surface area contributed by atoms with Crippen LogP contribution in [-0.4, -0.2) is 18.9 Å². The van der Waals surface area contributed by atoms with E-state index in [1.807, 2.05) is 0 Å². The molecule has 1 aliphatic heterocycles. The molecule has 2 nitrogen and oxygen atoms in total. The number of nitrogens with zero attached hydrogens (tertiary/aromatic N) is 2. The average Bonchev–Trinajstić information content (AvgIpc) is 2.92. The van der Waals surface area contributed by atoms with E-state index in [0.717, 1.165) is 18.2 Å². The second kappa shape index (κ2) is 5.52. The normalized spacial score (nSPS) is 20.3. The topological polar surface area (TPSA) is 12.4 Å². The number of allylic oxidation sites excluding steroid dienone is 1. The lowest BCUT2D eigenvalue weighted by atomic mass is 10.0. The number of benzene rings is 2. The van der Waals surface area contributed by atoms with Gasteiger partial charge in [0.25, 0.3) is 0 Å². The molecule has 2 aromatic rings. The highest BCUT2D eigenvalue weighted by molar-refractivity contribution is 6.01. The van der Waals surface area contributed by atoms with Gasteiger partial charge >= 0.3 is 6.18 Å².